The molecule has 1 rings (SSSR count). The van der Waals surface area contributed by atoms with Gasteiger partial charge in [0.25, 0.3) is 0 Å². The largest absolute Gasteiger partial charge is 0.459 e. The van der Waals surface area contributed by atoms with E-state index >= 15 is 0 Å². The average Bonchev–Trinajstić information content (AvgIpc) is 2.67. The summed E-state index contributed by atoms with van der Waals surface area (Å²) in [6.07, 6.45) is 5.27. The molecule has 96 valence electrons. The Labute approximate surface area is 101 Å². The summed E-state index contributed by atoms with van der Waals surface area (Å²) < 4.78 is 5.62. The molecule has 1 fully saturated rings. The van der Waals surface area contributed by atoms with Gasteiger partial charge in [-0.3, -0.25) is 4.79 Å². The summed E-state index contributed by atoms with van der Waals surface area (Å²) in [5.74, 6) is -0.0376. The molecule has 2 nitrogen and oxygen atoms in total. The van der Waals surface area contributed by atoms with Gasteiger partial charge in [-0.15, -0.1) is 0 Å². The Morgan fingerprint density at radius 1 is 1.25 bits per heavy atom. The third-order valence-corrected chi connectivity index (χ3v) is 3.44. The van der Waals surface area contributed by atoms with E-state index in [0.717, 1.165) is 19.3 Å². The summed E-state index contributed by atoms with van der Waals surface area (Å²) in [6.45, 7) is 12.0. The third kappa shape index (κ3) is 4.15. The van der Waals surface area contributed by atoms with Gasteiger partial charge >= 0.3 is 5.97 Å². The number of ether oxygens (including phenoxy) is 1. The van der Waals surface area contributed by atoms with Gasteiger partial charge in [0.2, 0.25) is 0 Å². The number of carbonyl (C=O) groups excluding carboxylic acids is 1. The van der Waals surface area contributed by atoms with Gasteiger partial charge in [0.15, 0.2) is 0 Å². The van der Waals surface area contributed by atoms with Crippen molar-refractivity contribution in [3.8, 4) is 0 Å². The van der Waals surface area contributed by atoms with Crippen LogP contribution in [0.5, 0.6) is 0 Å². The monoisotopic (exact) mass is 228 g/mol. The topological polar surface area (TPSA) is 26.3 Å². The van der Waals surface area contributed by atoms with E-state index in [9.17, 15) is 4.79 Å². The maximum atomic E-state index is 11.8. The van der Waals surface area contributed by atoms with E-state index in [1.807, 2.05) is 34.6 Å². The Hall–Kier alpha value is -0.530. The Balaban J connectivity index is 0.00000106. The van der Waals surface area contributed by atoms with Gasteiger partial charge < -0.3 is 4.74 Å². The van der Waals surface area contributed by atoms with Gasteiger partial charge in [-0.2, -0.15) is 0 Å². The molecule has 0 aromatic carbocycles. The second kappa shape index (κ2) is 6.27. The maximum absolute atomic E-state index is 11.8. The number of hydrogen-bond acceptors (Lipinski definition) is 2. The van der Waals surface area contributed by atoms with Crippen molar-refractivity contribution in [3.63, 3.8) is 0 Å². The molecule has 1 aliphatic carbocycles. The van der Waals surface area contributed by atoms with Gasteiger partial charge in [-0.1, -0.05) is 20.8 Å². The minimum absolute atomic E-state index is 0.0376. The van der Waals surface area contributed by atoms with Crippen LogP contribution in [0.1, 0.15) is 73.6 Å². The number of rotatable bonds is 3. The fourth-order valence-electron chi connectivity index (χ4n) is 1.73. The average molecular weight is 228 g/mol. The lowest BCUT2D eigenvalue weighted by Gasteiger charge is -2.29. The molecule has 0 N–H and O–H groups in total. The zero-order valence-electron chi connectivity index (χ0n) is 11.9. The van der Waals surface area contributed by atoms with Gasteiger partial charge in [0, 0.05) is 0 Å². The van der Waals surface area contributed by atoms with Crippen LogP contribution in [0.4, 0.5) is 0 Å². The van der Waals surface area contributed by atoms with Crippen molar-refractivity contribution >= 4 is 5.97 Å². The molecule has 0 radical (unpaired) electrons. The second-order valence-corrected chi connectivity index (χ2v) is 5.28. The number of hydrogen-bond donors (Lipinski definition) is 0. The fraction of sp³-hybridized carbons (Fsp3) is 0.929. The molecule has 0 aromatic rings. The van der Waals surface area contributed by atoms with E-state index in [-0.39, 0.29) is 17.0 Å². The van der Waals surface area contributed by atoms with Crippen LogP contribution in [0, 0.1) is 5.41 Å². The highest BCUT2D eigenvalue weighted by Crippen LogP contribution is 2.35. The molecule has 0 saturated heterocycles. The van der Waals surface area contributed by atoms with Crippen LogP contribution in [0.3, 0.4) is 0 Å². The van der Waals surface area contributed by atoms with Crippen molar-refractivity contribution in [1.29, 1.82) is 0 Å². The van der Waals surface area contributed by atoms with Crippen LogP contribution in [0.25, 0.3) is 0 Å². The summed E-state index contributed by atoms with van der Waals surface area (Å²) in [5.41, 5.74) is -0.505. The van der Waals surface area contributed by atoms with Crippen molar-refractivity contribution in [3.05, 3.63) is 0 Å². The summed E-state index contributed by atoms with van der Waals surface area (Å²) in [7, 11) is 0. The first-order valence-corrected chi connectivity index (χ1v) is 6.63. The maximum Gasteiger partial charge on any atom is 0.312 e. The quantitative estimate of drug-likeness (QED) is 0.672. The fourth-order valence-corrected chi connectivity index (χ4v) is 1.73. The molecular weight excluding hydrogens is 200 g/mol. The molecule has 0 unspecified atom stereocenters. The van der Waals surface area contributed by atoms with E-state index in [2.05, 4.69) is 6.92 Å². The lowest BCUT2D eigenvalue weighted by Crippen LogP contribution is -2.35. The lowest BCUT2D eigenvalue weighted by atomic mass is 9.90. The Morgan fingerprint density at radius 3 is 2.06 bits per heavy atom. The summed E-state index contributed by atoms with van der Waals surface area (Å²) in [6, 6.07) is 0. The first-order valence-electron chi connectivity index (χ1n) is 6.63. The predicted octanol–water partition coefficient (Wildman–Crippen LogP) is 4.32. The normalized spacial score (nSPS) is 18.6. The van der Waals surface area contributed by atoms with Gasteiger partial charge in [-0.05, 0) is 52.9 Å². The molecule has 1 saturated carbocycles. The van der Waals surface area contributed by atoms with Crippen molar-refractivity contribution < 1.29 is 9.53 Å². The lowest BCUT2D eigenvalue weighted by molar-refractivity contribution is -0.168. The van der Waals surface area contributed by atoms with Crippen molar-refractivity contribution in [1.82, 2.24) is 0 Å². The van der Waals surface area contributed by atoms with E-state index in [4.69, 9.17) is 4.74 Å². The summed E-state index contributed by atoms with van der Waals surface area (Å²) in [5, 5.41) is 0. The Kier molecular flexibility index (Phi) is 6.06. The van der Waals surface area contributed by atoms with Crippen molar-refractivity contribution in [2.75, 3.05) is 0 Å². The van der Waals surface area contributed by atoms with E-state index in [1.165, 1.54) is 12.8 Å². The number of carbonyl (C=O) groups is 1. The molecule has 0 spiro atoms. The summed E-state index contributed by atoms with van der Waals surface area (Å²) in [4.78, 5) is 11.8. The van der Waals surface area contributed by atoms with Crippen LogP contribution in [-0.2, 0) is 9.53 Å². The smallest absolute Gasteiger partial charge is 0.312 e. The first-order chi connectivity index (χ1) is 7.40. The second-order valence-electron chi connectivity index (χ2n) is 5.28. The summed E-state index contributed by atoms with van der Waals surface area (Å²) >= 11 is 0. The van der Waals surface area contributed by atoms with E-state index < -0.39 is 0 Å². The molecule has 1 aliphatic rings. The van der Waals surface area contributed by atoms with Crippen LogP contribution in [-0.4, -0.2) is 11.6 Å². The molecule has 0 aromatic heterocycles. The molecule has 2 heteroatoms. The number of esters is 1. The first kappa shape index (κ1) is 15.5. The van der Waals surface area contributed by atoms with Crippen LogP contribution >= 0.6 is 0 Å². The minimum atomic E-state index is -0.328. The Morgan fingerprint density at radius 2 is 1.69 bits per heavy atom. The molecule has 0 bridgehead atoms. The highest BCUT2D eigenvalue weighted by molar-refractivity contribution is 5.76. The van der Waals surface area contributed by atoms with E-state index in [1.54, 1.807) is 0 Å². The van der Waals surface area contributed by atoms with Crippen LogP contribution in [0.15, 0.2) is 0 Å². The van der Waals surface area contributed by atoms with Crippen molar-refractivity contribution in [2.45, 2.75) is 79.2 Å². The molecule has 16 heavy (non-hydrogen) atoms. The van der Waals surface area contributed by atoms with Crippen molar-refractivity contribution in [2.24, 2.45) is 5.41 Å². The standard InChI is InChI=1S/C12H22O2.C2H6/c1-5-11(2,3)10(13)14-12(4)8-6-7-9-12;1-2/h5-9H2,1-4H3;1-2H3. The highest BCUT2D eigenvalue weighted by Gasteiger charge is 2.37. The van der Waals surface area contributed by atoms with Gasteiger partial charge in [0.1, 0.15) is 5.60 Å². The molecule has 0 amide bonds. The van der Waals surface area contributed by atoms with Crippen LogP contribution < -0.4 is 0 Å². The molecule has 0 heterocycles. The van der Waals surface area contributed by atoms with Gasteiger partial charge in [0.05, 0.1) is 5.41 Å². The van der Waals surface area contributed by atoms with E-state index in [0.29, 0.717) is 0 Å². The molecule has 0 atom stereocenters. The predicted molar refractivity (Wildman–Crippen MR) is 68.4 cm³/mol. The zero-order valence-corrected chi connectivity index (χ0v) is 11.9. The zero-order chi connectivity index (χ0) is 12.8. The Bertz CT molecular complexity index is 213. The molecular formula is C14H28O2. The SMILES string of the molecule is CC.CCC(C)(C)C(=O)OC1(C)CCCC1. The third-order valence-electron chi connectivity index (χ3n) is 3.44. The highest BCUT2D eigenvalue weighted by atomic mass is 16.6. The molecule has 0 aliphatic heterocycles. The van der Waals surface area contributed by atoms with Crippen LogP contribution in [0.2, 0.25) is 0 Å². The minimum Gasteiger partial charge on any atom is -0.459 e. The van der Waals surface area contributed by atoms with Gasteiger partial charge in [-0.25, -0.2) is 0 Å².